The Bertz CT molecular complexity index is 1150. The van der Waals surface area contributed by atoms with E-state index < -0.39 is 30.3 Å². The maximum absolute atomic E-state index is 12.9. The number of benzene rings is 3. The quantitative estimate of drug-likeness (QED) is 0.530. The normalized spacial score (nSPS) is 15.4. The minimum absolute atomic E-state index is 0.0292. The van der Waals surface area contributed by atoms with Crippen molar-refractivity contribution in [2.24, 2.45) is 0 Å². The molecule has 8 nitrogen and oxygen atoms in total. The number of aliphatic hydroxyl groups excluding tert-OH is 1. The van der Waals surface area contributed by atoms with Crippen molar-refractivity contribution in [1.82, 2.24) is 5.06 Å². The Morgan fingerprint density at radius 1 is 0.848 bits per heavy atom. The van der Waals surface area contributed by atoms with Gasteiger partial charge in [-0.3, -0.25) is 9.59 Å². The van der Waals surface area contributed by atoms with Crippen molar-refractivity contribution in [3.8, 4) is 11.5 Å². The zero-order valence-corrected chi connectivity index (χ0v) is 17.5. The lowest BCUT2D eigenvalue weighted by Gasteiger charge is -2.18. The zero-order chi connectivity index (χ0) is 23.2. The highest BCUT2D eigenvalue weighted by atomic mass is 16.7. The molecule has 33 heavy (non-hydrogen) atoms. The van der Waals surface area contributed by atoms with E-state index in [0.717, 1.165) is 11.1 Å². The standard InChI is InChI=1S/C25H21NO7/c27-20-14-22(28)26(24(20)29)33-25(30)19-12-7-13-21(31-15-17-8-3-1-4-9-17)23(19)32-16-18-10-5-2-6-11-18/h1-13,20,27H,14-16H2. The number of ether oxygens (including phenoxy) is 2. The number of carbonyl (C=O) groups excluding carboxylic acids is 3. The predicted molar refractivity (Wildman–Crippen MR) is 116 cm³/mol. The number of para-hydroxylation sites is 1. The molecule has 168 valence electrons. The average molecular weight is 447 g/mol. The van der Waals surface area contributed by atoms with Gasteiger partial charge in [0.25, 0.3) is 11.8 Å². The second kappa shape index (κ2) is 9.97. The Hall–Kier alpha value is -4.17. The van der Waals surface area contributed by atoms with Crippen LogP contribution < -0.4 is 9.47 Å². The molecule has 1 N–H and O–H groups in total. The molecule has 0 saturated carbocycles. The summed E-state index contributed by atoms with van der Waals surface area (Å²) in [5.41, 5.74) is 1.75. The molecule has 0 aromatic heterocycles. The van der Waals surface area contributed by atoms with Crippen LogP contribution in [0.5, 0.6) is 11.5 Å². The Morgan fingerprint density at radius 2 is 1.45 bits per heavy atom. The van der Waals surface area contributed by atoms with Crippen molar-refractivity contribution in [1.29, 1.82) is 0 Å². The van der Waals surface area contributed by atoms with Crippen LogP contribution in [0.3, 0.4) is 0 Å². The molecule has 3 aromatic rings. The van der Waals surface area contributed by atoms with E-state index in [-0.39, 0.29) is 29.6 Å². The molecule has 1 saturated heterocycles. The van der Waals surface area contributed by atoms with Crippen LogP contribution in [0.1, 0.15) is 27.9 Å². The molecule has 4 rings (SSSR count). The molecule has 1 atom stereocenters. The highest BCUT2D eigenvalue weighted by molar-refractivity contribution is 6.05. The summed E-state index contributed by atoms with van der Waals surface area (Å²) in [5, 5.41) is 9.84. The summed E-state index contributed by atoms with van der Waals surface area (Å²) in [4.78, 5) is 41.7. The van der Waals surface area contributed by atoms with Gasteiger partial charge in [0.2, 0.25) is 0 Å². The SMILES string of the molecule is O=C(ON1C(=O)CC(O)C1=O)c1cccc(OCc2ccccc2)c1OCc1ccccc1. The summed E-state index contributed by atoms with van der Waals surface area (Å²) in [5.74, 6) is -2.37. The molecular formula is C25H21NO7. The van der Waals surface area contributed by atoms with Crippen molar-refractivity contribution in [3.63, 3.8) is 0 Å². The maximum atomic E-state index is 12.9. The number of imide groups is 1. The van der Waals surface area contributed by atoms with E-state index >= 15 is 0 Å². The summed E-state index contributed by atoms with van der Waals surface area (Å²) < 4.78 is 11.9. The molecule has 1 aliphatic rings. The van der Waals surface area contributed by atoms with Crippen LogP contribution in [0.15, 0.2) is 78.9 Å². The first-order valence-corrected chi connectivity index (χ1v) is 10.3. The summed E-state index contributed by atoms with van der Waals surface area (Å²) in [6, 6.07) is 23.5. The van der Waals surface area contributed by atoms with E-state index in [0.29, 0.717) is 5.75 Å². The Morgan fingerprint density at radius 3 is 2.03 bits per heavy atom. The summed E-state index contributed by atoms with van der Waals surface area (Å²) in [6.45, 7) is 0.378. The van der Waals surface area contributed by atoms with Crippen molar-refractivity contribution in [2.75, 3.05) is 0 Å². The molecule has 0 radical (unpaired) electrons. The van der Waals surface area contributed by atoms with Crippen molar-refractivity contribution < 1.29 is 33.8 Å². The molecule has 3 aromatic carbocycles. The molecule has 1 heterocycles. The van der Waals surface area contributed by atoms with Gasteiger partial charge in [0.15, 0.2) is 11.5 Å². The third-order valence-corrected chi connectivity index (χ3v) is 4.92. The molecule has 8 heteroatoms. The average Bonchev–Trinajstić information content (AvgIpc) is 3.08. The fraction of sp³-hybridized carbons (Fsp3) is 0.160. The molecule has 0 spiro atoms. The van der Waals surface area contributed by atoms with Gasteiger partial charge in [-0.1, -0.05) is 71.8 Å². The lowest BCUT2D eigenvalue weighted by Crippen LogP contribution is -2.34. The van der Waals surface area contributed by atoms with Gasteiger partial charge in [-0.25, -0.2) is 4.79 Å². The van der Waals surface area contributed by atoms with Crippen LogP contribution in [0.2, 0.25) is 0 Å². The van der Waals surface area contributed by atoms with E-state index in [1.54, 1.807) is 12.1 Å². The van der Waals surface area contributed by atoms with Crippen LogP contribution in [-0.2, 0) is 27.6 Å². The van der Waals surface area contributed by atoms with Crippen LogP contribution in [0.25, 0.3) is 0 Å². The lowest BCUT2D eigenvalue weighted by atomic mass is 10.1. The Labute approximate surface area is 189 Å². The number of hydroxylamine groups is 2. The van der Waals surface area contributed by atoms with E-state index in [1.165, 1.54) is 6.07 Å². The Kier molecular flexibility index (Phi) is 6.66. The van der Waals surface area contributed by atoms with E-state index in [4.69, 9.17) is 14.3 Å². The third-order valence-electron chi connectivity index (χ3n) is 4.92. The number of amides is 2. The summed E-state index contributed by atoms with van der Waals surface area (Å²) in [6.07, 6.45) is -1.97. The van der Waals surface area contributed by atoms with Crippen LogP contribution in [-0.4, -0.2) is 34.1 Å². The number of carbonyl (C=O) groups is 3. The van der Waals surface area contributed by atoms with Gasteiger partial charge in [-0.15, -0.1) is 0 Å². The number of rotatable bonds is 8. The predicted octanol–water partition coefficient (Wildman–Crippen LogP) is 3.04. The van der Waals surface area contributed by atoms with Gasteiger partial charge in [0, 0.05) is 0 Å². The van der Waals surface area contributed by atoms with E-state index in [1.807, 2.05) is 60.7 Å². The fourth-order valence-electron chi connectivity index (χ4n) is 3.23. The van der Waals surface area contributed by atoms with E-state index in [2.05, 4.69) is 0 Å². The molecular weight excluding hydrogens is 426 g/mol. The van der Waals surface area contributed by atoms with Gasteiger partial charge < -0.3 is 19.4 Å². The summed E-state index contributed by atoms with van der Waals surface area (Å²) >= 11 is 0. The second-order valence-corrected chi connectivity index (χ2v) is 7.31. The van der Waals surface area contributed by atoms with Gasteiger partial charge in [-0.2, -0.15) is 0 Å². The second-order valence-electron chi connectivity index (χ2n) is 7.31. The van der Waals surface area contributed by atoms with Gasteiger partial charge in [-0.05, 0) is 23.3 Å². The minimum atomic E-state index is -1.53. The van der Waals surface area contributed by atoms with Gasteiger partial charge >= 0.3 is 5.97 Å². The first-order chi connectivity index (χ1) is 16.0. The smallest absolute Gasteiger partial charge is 0.367 e. The number of aliphatic hydroxyl groups is 1. The zero-order valence-electron chi connectivity index (χ0n) is 17.5. The Balaban J connectivity index is 1.59. The molecule has 1 aliphatic heterocycles. The number of hydrogen-bond acceptors (Lipinski definition) is 7. The number of hydrogen-bond donors (Lipinski definition) is 1. The molecule has 1 unspecified atom stereocenters. The highest BCUT2D eigenvalue weighted by Crippen LogP contribution is 2.34. The topological polar surface area (TPSA) is 102 Å². The van der Waals surface area contributed by atoms with Crippen molar-refractivity contribution >= 4 is 17.8 Å². The van der Waals surface area contributed by atoms with Gasteiger partial charge in [0.1, 0.15) is 24.9 Å². The largest absolute Gasteiger partial charge is 0.485 e. The molecule has 2 amide bonds. The minimum Gasteiger partial charge on any atom is -0.485 e. The lowest BCUT2D eigenvalue weighted by molar-refractivity contribution is -0.175. The van der Waals surface area contributed by atoms with Crippen molar-refractivity contribution in [2.45, 2.75) is 25.7 Å². The van der Waals surface area contributed by atoms with Crippen LogP contribution in [0, 0.1) is 0 Å². The summed E-state index contributed by atoms with van der Waals surface area (Å²) in [7, 11) is 0. The molecule has 1 fully saturated rings. The first kappa shape index (κ1) is 22.0. The highest BCUT2D eigenvalue weighted by Gasteiger charge is 2.41. The van der Waals surface area contributed by atoms with E-state index in [9.17, 15) is 19.5 Å². The third kappa shape index (κ3) is 5.19. The fourth-order valence-corrected chi connectivity index (χ4v) is 3.23. The first-order valence-electron chi connectivity index (χ1n) is 10.3. The van der Waals surface area contributed by atoms with Crippen LogP contribution in [0.4, 0.5) is 0 Å². The molecule has 0 aliphatic carbocycles. The number of nitrogens with zero attached hydrogens (tertiary/aromatic N) is 1. The molecule has 0 bridgehead atoms. The monoisotopic (exact) mass is 447 g/mol. The van der Waals surface area contributed by atoms with Crippen LogP contribution >= 0.6 is 0 Å². The maximum Gasteiger partial charge on any atom is 0.367 e. The van der Waals surface area contributed by atoms with Crippen molar-refractivity contribution in [3.05, 3.63) is 95.6 Å². The van der Waals surface area contributed by atoms with Gasteiger partial charge in [0.05, 0.1) is 6.42 Å².